The van der Waals surface area contributed by atoms with E-state index in [1.54, 1.807) is 14.0 Å². The van der Waals surface area contributed by atoms with Crippen LogP contribution in [0.15, 0.2) is 39.2 Å². The van der Waals surface area contributed by atoms with Gasteiger partial charge in [0.1, 0.15) is 18.2 Å². The van der Waals surface area contributed by atoms with Crippen LogP contribution in [-0.4, -0.2) is 124 Å². The van der Waals surface area contributed by atoms with E-state index in [1.165, 1.54) is 12.0 Å². The number of cyclic esters (lactones) is 1. The molecule has 1 amide bonds. The fraction of sp³-hybridized carbons (Fsp3) is 0.767. The fourth-order valence-corrected chi connectivity index (χ4v) is 9.89. The molecule has 3 aliphatic heterocycles. The van der Waals surface area contributed by atoms with Crippen LogP contribution < -0.4 is 0 Å². The second-order valence-corrected chi connectivity index (χ2v) is 17.7. The van der Waals surface area contributed by atoms with Crippen LogP contribution in [0.5, 0.6) is 0 Å². The van der Waals surface area contributed by atoms with Crippen LogP contribution in [0, 0.1) is 29.6 Å². The maximum absolute atomic E-state index is 14.3. The Morgan fingerprint density at radius 3 is 2.35 bits per heavy atom. The lowest BCUT2D eigenvalue weighted by Crippen LogP contribution is -2.64. The molecule has 13 nitrogen and oxygen atoms in total. The van der Waals surface area contributed by atoms with Gasteiger partial charge in [-0.3, -0.25) is 9.59 Å². The van der Waals surface area contributed by atoms with Gasteiger partial charge in [0.2, 0.25) is 5.79 Å². The van der Waals surface area contributed by atoms with E-state index in [0.717, 1.165) is 11.3 Å². The lowest BCUT2D eigenvalue weighted by Gasteiger charge is -2.46. The summed E-state index contributed by atoms with van der Waals surface area (Å²) in [5.41, 5.74) is 2.50. The smallest absolute Gasteiger partial charge is 0.329 e. The molecule has 0 aromatic carbocycles. The molecule has 322 valence electrons. The molecular formula is C43H67IN2O11. The van der Waals surface area contributed by atoms with Crippen molar-refractivity contribution in [1.82, 2.24) is 4.90 Å². The summed E-state index contributed by atoms with van der Waals surface area (Å²) < 4.78 is 28.3. The number of ketones is 1. The van der Waals surface area contributed by atoms with Crippen molar-refractivity contribution in [1.29, 1.82) is 0 Å². The molecular weight excluding hydrogens is 847 g/mol. The molecule has 0 aromatic heterocycles. The van der Waals surface area contributed by atoms with E-state index in [1.807, 2.05) is 62.7 Å². The number of fused-ring (bicyclic) bond motifs is 3. The average Bonchev–Trinajstić information content (AvgIpc) is 3.18. The Kier molecular flexibility index (Phi) is 17.9. The minimum absolute atomic E-state index is 0.0223. The minimum atomic E-state index is -2.57. The van der Waals surface area contributed by atoms with Crippen LogP contribution >= 0.6 is 22.9 Å². The lowest BCUT2D eigenvalue weighted by atomic mass is 9.81. The van der Waals surface area contributed by atoms with Crippen molar-refractivity contribution in [2.75, 3.05) is 20.8 Å². The first-order chi connectivity index (χ1) is 27.0. The zero-order valence-corrected chi connectivity index (χ0v) is 37.0. The summed E-state index contributed by atoms with van der Waals surface area (Å²) in [7, 11) is 3.06. The molecule has 2 bridgehead atoms. The molecule has 1 saturated carbocycles. The maximum atomic E-state index is 14.3. The monoisotopic (exact) mass is 914 g/mol. The van der Waals surface area contributed by atoms with Crippen molar-refractivity contribution in [3.8, 4) is 0 Å². The first kappa shape index (κ1) is 47.6. The number of nitrogens with zero attached hydrogens (tertiary/aromatic N) is 2. The zero-order valence-electron chi connectivity index (χ0n) is 34.8. The van der Waals surface area contributed by atoms with Crippen molar-refractivity contribution in [2.24, 2.45) is 32.8 Å². The topological polar surface area (TPSA) is 185 Å². The number of amides is 1. The molecule has 4 N–H and O–H groups in total. The number of halogens is 1. The molecule has 1 aliphatic carbocycles. The largest absolute Gasteiger partial charge is 0.456 e. The Labute approximate surface area is 352 Å². The van der Waals surface area contributed by atoms with Gasteiger partial charge in [-0.05, 0) is 95.5 Å². The summed E-state index contributed by atoms with van der Waals surface area (Å²) in [5.74, 6) is -7.24. The summed E-state index contributed by atoms with van der Waals surface area (Å²) in [6.07, 6.45) is 5.26. The van der Waals surface area contributed by atoms with Crippen molar-refractivity contribution < 1.29 is 53.8 Å². The van der Waals surface area contributed by atoms with E-state index < -0.39 is 77.9 Å². The number of carbonyl (C=O) groups is 3. The highest BCUT2D eigenvalue weighted by atomic mass is 127. The van der Waals surface area contributed by atoms with Gasteiger partial charge in [-0.1, -0.05) is 44.6 Å². The van der Waals surface area contributed by atoms with Gasteiger partial charge in [-0.2, -0.15) is 0 Å². The summed E-state index contributed by atoms with van der Waals surface area (Å²) in [5, 5.41) is 45.8. The van der Waals surface area contributed by atoms with Gasteiger partial charge in [0.25, 0.3) is 11.7 Å². The van der Waals surface area contributed by atoms with E-state index in [4.69, 9.17) is 18.9 Å². The number of rotatable bonds is 6. The second-order valence-electron chi connectivity index (χ2n) is 17.2. The van der Waals surface area contributed by atoms with Gasteiger partial charge in [-0.25, -0.2) is 8.00 Å². The number of aliphatic hydroxyl groups is 4. The van der Waals surface area contributed by atoms with E-state index >= 15 is 0 Å². The normalized spacial score (nSPS) is 41.7. The summed E-state index contributed by atoms with van der Waals surface area (Å²) in [6.45, 7) is 13.4. The number of esters is 1. The maximum Gasteiger partial charge on any atom is 0.329 e. The van der Waals surface area contributed by atoms with Crippen LogP contribution in [0.25, 0.3) is 0 Å². The summed E-state index contributed by atoms with van der Waals surface area (Å²) in [4.78, 5) is 43.8. The van der Waals surface area contributed by atoms with Gasteiger partial charge in [0, 0.05) is 50.7 Å². The van der Waals surface area contributed by atoms with E-state index in [2.05, 4.69) is 15.9 Å². The van der Waals surface area contributed by atoms with Crippen LogP contribution in [0.2, 0.25) is 0 Å². The number of piperidine rings is 1. The first-order valence-electron chi connectivity index (χ1n) is 20.7. The van der Waals surface area contributed by atoms with E-state index in [-0.39, 0.29) is 56.1 Å². The third-order valence-electron chi connectivity index (χ3n) is 12.7. The number of hydrogen-bond donors (Lipinski definition) is 4. The second kappa shape index (κ2) is 21.5. The molecule has 0 aromatic rings. The number of hydrogen-bond acceptors (Lipinski definition) is 12. The summed E-state index contributed by atoms with van der Waals surface area (Å²) in [6, 6.07) is -1.13. The highest BCUT2D eigenvalue weighted by Gasteiger charge is 2.56. The number of ether oxygens (including phenoxy) is 4. The molecule has 3 heterocycles. The average molecular weight is 915 g/mol. The van der Waals surface area contributed by atoms with Crippen LogP contribution in [0.4, 0.5) is 0 Å². The van der Waals surface area contributed by atoms with Crippen molar-refractivity contribution in [2.45, 2.75) is 160 Å². The van der Waals surface area contributed by atoms with Crippen LogP contribution in [0.3, 0.4) is 0 Å². The van der Waals surface area contributed by atoms with Gasteiger partial charge >= 0.3 is 5.97 Å². The lowest BCUT2D eigenvalue weighted by molar-refractivity contribution is -0.301. The quantitative estimate of drug-likeness (QED) is 0.119. The third kappa shape index (κ3) is 11.6. The molecule has 4 rings (SSSR count). The van der Waals surface area contributed by atoms with Gasteiger partial charge in [0.15, 0.2) is 0 Å². The molecule has 57 heavy (non-hydrogen) atoms. The molecule has 3 fully saturated rings. The number of carbonyl (C=O) groups excluding carboxylic acids is 3. The molecule has 14 heteroatoms. The minimum Gasteiger partial charge on any atom is -0.456 e. The SMILES string of the molecule is C=CC[C@@H]1/C=C(\C)C[C@H](C)C[C@H](O)[C@H]2O[C@@](O)(C(=O)C(=O)N3CCCC[C@H]3C(=O)O[C@H](/C(C)=C/[C@@H]3CC[C@@H](O)[C@H](OC)C3)[C@H](C)[C@@H](O)CC1=NI)[C@H](C)C[C@@H]2OC. The Hall–Kier alpha value is -2.05. The molecule has 0 unspecified atom stereocenters. The Balaban J connectivity index is 1.79. The first-order valence-corrected chi connectivity index (χ1v) is 21.7. The van der Waals surface area contributed by atoms with Crippen molar-refractivity contribution in [3.63, 3.8) is 0 Å². The third-order valence-corrected chi connectivity index (χ3v) is 13.3. The number of allylic oxidation sites excluding steroid dienone is 4. The zero-order chi connectivity index (χ0) is 42.2. The standard InChI is InChI=1S/C43H67IN2O11/c1-9-12-30-18-24(2)17-25(3)19-35(49)39-37(55-8)21-27(5)43(53,57-39)40(50)41(51)46-16-11-10-13-32(46)42(52)56-38(28(6)34(48)23-31(30)45-44)26(4)20-29-14-15-33(47)36(22-29)54-7/h9,18,20,25,27-30,32-39,47-49,53H,1,10-17,19,21-23H2,2-8H3/b24-18+,26-20+,45-31?/t25-,27+,28+,29-,30+,32-,33+,34-,35-,36+,37-,38+,39+,43+/m0/s1. The Morgan fingerprint density at radius 2 is 1.70 bits per heavy atom. The molecule has 2 saturated heterocycles. The van der Waals surface area contributed by atoms with Crippen molar-refractivity contribution in [3.05, 3.63) is 36.0 Å². The predicted molar refractivity (Wildman–Crippen MR) is 224 cm³/mol. The van der Waals surface area contributed by atoms with Gasteiger partial charge < -0.3 is 44.3 Å². The van der Waals surface area contributed by atoms with E-state index in [9.17, 15) is 34.8 Å². The van der Waals surface area contributed by atoms with Crippen molar-refractivity contribution >= 4 is 46.2 Å². The Bertz CT molecular complexity index is 1500. The number of aliphatic hydroxyl groups excluding tert-OH is 3. The number of methoxy groups -OCH3 is 2. The molecule has 0 spiro atoms. The molecule has 4 aliphatic rings. The van der Waals surface area contributed by atoms with E-state index in [0.29, 0.717) is 50.5 Å². The number of Topliss-reactive ketones (excluding diaryl/α,β-unsaturated/α-hetero) is 1. The highest BCUT2D eigenvalue weighted by molar-refractivity contribution is 14.1. The van der Waals surface area contributed by atoms with Crippen LogP contribution in [-0.2, 0) is 33.3 Å². The van der Waals surface area contributed by atoms with Gasteiger partial charge in [-0.15, -0.1) is 6.58 Å². The molecule has 14 atom stereocenters. The Morgan fingerprint density at radius 1 is 1.00 bits per heavy atom. The fourth-order valence-electron chi connectivity index (χ4n) is 9.33. The molecule has 0 radical (unpaired) electrons. The summed E-state index contributed by atoms with van der Waals surface area (Å²) >= 11 is 1.96. The van der Waals surface area contributed by atoms with Gasteiger partial charge in [0.05, 0.1) is 53.4 Å². The van der Waals surface area contributed by atoms with Crippen LogP contribution in [0.1, 0.15) is 105 Å². The predicted octanol–water partition coefficient (Wildman–Crippen LogP) is 5.21. The highest BCUT2D eigenvalue weighted by Crippen LogP contribution is 2.39.